The maximum atomic E-state index is 13.7. The average Bonchev–Trinajstić information content (AvgIpc) is 3.60. The van der Waals surface area contributed by atoms with Crippen molar-refractivity contribution < 1.29 is 29.3 Å². The summed E-state index contributed by atoms with van der Waals surface area (Å²) in [6.07, 6.45) is -0.234. The Bertz CT molecular complexity index is 1570. The summed E-state index contributed by atoms with van der Waals surface area (Å²) >= 11 is 1.11. The van der Waals surface area contributed by atoms with Gasteiger partial charge in [-0.05, 0) is 41.8 Å². The number of urea groups is 1. The first kappa shape index (κ1) is 31.0. The Balaban J connectivity index is 1.33. The molecule has 3 amide bonds. The second-order valence-electron chi connectivity index (χ2n) is 10.3. The number of aliphatic hydroxyl groups is 2. The minimum Gasteiger partial charge on any atom is -0.497 e. The van der Waals surface area contributed by atoms with Gasteiger partial charge in [-0.1, -0.05) is 30.3 Å². The fraction of sp³-hybridized carbons (Fsp3) is 0.345. The first-order chi connectivity index (χ1) is 21.3. The van der Waals surface area contributed by atoms with Crippen LogP contribution in [0.2, 0.25) is 0 Å². The van der Waals surface area contributed by atoms with Gasteiger partial charge in [-0.3, -0.25) is 14.1 Å². The van der Waals surface area contributed by atoms with Gasteiger partial charge in [0.15, 0.2) is 23.2 Å². The summed E-state index contributed by atoms with van der Waals surface area (Å²) in [5.41, 5.74) is 1.69. The standard InChI is InChI=1S/C29H34N8O6S/c1-36(2)25-23-26(31-15-30-25)37(16-32-23)28-24(39)22(21(14-38)43-28)34-27(40)20(13-17-9-11-18(42-3)12-10-17)33-29(41)35-44-19-7-5-4-6-8-19/h4-12,15-16,20-22,24,28,38-39H,13-14H2,1-3H3,(H,34,40)(H2,33,35,41)/t20-,21+,22-,24-,28+/m1/s1. The summed E-state index contributed by atoms with van der Waals surface area (Å²) in [7, 11) is 5.21. The molecule has 3 heterocycles. The Hall–Kier alpha value is -4.44. The van der Waals surface area contributed by atoms with Crippen molar-refractivity contribution in [2.24, 2.45) is 0 Å². The second kappa shape index (κ2) is 13.9. The molecule has 1 aliphatic rings. The number of amides is 3. The third-order valence-corrected chi connectivity index (χ3v) is 7.92. The quantitative estimate of drug-likeness (QED) is 0.152. The van der Waals surface area contributed by atoms with Crippen LogP contribution in [-0.4, -0.2) is 93.8 Å². The van der Waals surface area contributed by atoms with Crippen molar-refractivity contribution in [2.75, 3.05) is 32.7 Å². The van der Waals surface area contributed by atoms with E-state index in [9.17, 15) is 19.8 Å². The number of nitrogens with zero attached hydrogens (tertiary/aromatic N) is 5. The second-order valence-corrected chi connectivity index (χ2v) is 11.2. The Kier molecular flexibility index (Phi) is 9.79. The maximum Gasteiger partial charge on any atom is 0.325 e. The highest BCUT2D eigenvalue weighted by atomic mass is 32.2. The van der Waals surface area contributed by atoms with Crippen LogP contribution in [0.15, 0.2) is 72.1 Å². The van der Waals surface area contributed by atoms with Crippen molar-refractivity contribution in [3.63, 3.8) is 0 Å². The average molecular weight is 623 g/mol. The van der Waals surface area contributed by atoms with E-state index >= 15 is 0 Å². The predicted molar refractivity (Wildman–Crippen MR) is 163 cm³/mol. The predicted octanol–water partition coefficient (Wildman–Crippen LogP) is 1.25. The highest BCUT2D eigenvalue weighted by Gasteiger charge is 2.46. The highest BCUT2D eigenvalue weighted by Crippen LogP contribution is 2.32. The number of aliphatic hydroxyl groups excluding tert-OH is 2. The molecule has 1 aliphatic heterocycles. The molecule has 44 heavy (non-hydrogen) atoms. The molecule has 2 aromatic carbocycles. The molecule has 1 saturated heterocycles. The van der Waals surface area contributed by atoms with Crippen molar-refractivity contribution in [3.8, 4) is 5.75 Å². The molecule has 4 aromatic rings. The van der Waals surface area contributed by atoms with E-state index in [1.807, 2.05) is 44.4 Å². The molecule has 0 bridgehead atoms. The van der Waals surface area contributed by atoms with E-state index < -0.39 is 49.1 Å². The molecular weight excluding hydrogens is 588 g/mol. The zero-order chi connectivity index (χ0) is 31.2. The third-order valence-electron chi connectivity index (χ3n) is 7.13. The first-order valence-corrected chi connectivity index (χ1v) is 14.6. The lowest BCUT2D eigenvalue weighted by molar-refractivity contribution is -0.124. The van der Waals surface area contributed by atoms with Crippen LogP contribution in [0.5, 0.6) is 5.75 Å². The van der Waals surface area contributed by atoms with Gasteiger partial charge in [0, 0.05) is 25.4 Å². The van der Waals surface area contributed by atoms with E-state index in [2.05, 4.69) is 30.3 Å². The number of ether oxygens (including phenoxy) is 2. The fourth-order valence-electron chi connectivity index (χ4n) is 4.91. The van der Waals surface area contributed by atoms with E-state index in [0.29, 0.717) is 22.7 Å². The van der Waals surface area contributed by atoms with Crippen molar-refractivity contribution in [3.05, 3.63) is 72.8 Å². The molecule has 232 valence electrons. The van der Waals surface area contributed by atoms with Crippen LogP contribution in [0, 0.1) is 0 Å². The lowest BCUT2D eigenvalue weighted by atomic mass is 10.0. The number of imidazole rings is 1. The summed E-state index contributed by atoms with van der Waals surface area (Å²) in [6, 6.07) is 13.8. The van der Waals surface area contributed by atoms with Crippen LogP contribution in [0.25, 0.3) is 11.2 Å². The lowest BCUT2D eigenvalue weighted by Crippen LogP contribution is -2.56. The number of nitrogens with one attached hydrogen (secondary N) is 3. The van der Waals surface area contributed by atoms with Gasteiger partial charge < -0.3 is 35.2 Å². The largest absolute Gasteiger partial charge is 0.497 e. The molecule has 0 unspecified atom stereocenters. The van der Waals surface area contributed by atoms with Gasteiger partial charge in [0.1, 0.15) is 30.3 Å². The number of carbonyl (C=O) groups excluding carboxylic acids is 2. The molecule has 0 aliphatic carbocycles. The number of carbonyl (C=O) groups is 2. The lowest BCUT2D eigenvalue weighted by Gasteiger charge is -2.25. The molecule has 14 nitrogen and oxygen atoms in total. The molecule has 5 atom stereocenters. The maximum absolute atomic E-state index is 13.7. The van der Waals surface area contributed by atoms with Crippen LogP contribution >= 0.6 is 11.9 Å². The molecule has 0 spiro atoms. The van der Waals surface area contributed by atoms with E-state index in [1.165, 1.54) is 12.7 Å². The summed E-state index contributed by atoms with van der Waals surface area (Å²) in [5, 5.41) is 27.0. The van der Waals surface area contributed by atoms with Crippen molar-refractivity contribution in [2.45, 2.75) is 41.8 Å². The smallest absolute Gasteiger partial charge is 0.325 e. The first-order valence-electron chi connectivity index (χ1n) is 13.8. The highest BCUT2D eigenvalue weighted by molar-refractivity contribution is 7.98. The SMILES string of the molecule is COc1ccc(C[C@@H](NC(=O)NSc2ccccc2)C(=O)N[C@H]2[C@@H](O)[C@@H](n3cnc4c(N(C)C)ncnc43)O[C@H]2CO)cc1. The van der Waals surface area contributed by atoms with E-state index in [1.54, 1.807) is 40.8 Å². The van der Waals surface area contributed by atoms with Crippen LogP contribution in [0.3, 0.4) is 0 Å². The Morgan fingerprint density at radius 1 is 1.11 bits per heavy atom. The number of anilines is 1. The Labute approximate surface area is 257 Å². The summed E-state index contributed by atoms with van der Waals surface area (Å²) in [5.74, 6) is 0.666. The van der Waals surface area contributed by atoms with Gasteiger partial charge in [-0.15, -0.1) is 0 Å². The number of aromatic nitrogens is 4. The number of hydrogen-bond donors (Lipinski definition) is 5. The third kappa shape index (κ3) is 6.86. The molecule has 0 radical (unpaired) electrons. The van der Waals surface area contributed by atoms with Crippen LogP contribution in [-0.2, 0) is 16.0 Å². The number of rotatable bonds is 11. The number of fused-ring (bicyclic) bond motifs is 1. The van der Waals surface area contributed by atoms with Gasteiger partial charge in [-0.2, -0.15) is 0 Å². The minimum absolute atomic E-state index is 0.145. The van der Waals surface area contributed by atoms with Gasteiger partial charge in [0.05, 0.1) is 26.1 Å². The topological polar surface area (TPSA) is 176 Å². The Morgan fingerprint density at radius 2 is 1.86 bits per heavy atom. The van der Waals surface area contributed by atoms with Gasteiger partial charge >= 0.3 is 6.03 Å². The number of methoxy groups -OCH3 is 1. The minimum atomic E-state index is -1.28. The molecule has 5 N–H and O–H groups in total. The molecule has 1 fully saturated rings. The monoisotopic (exact) mass is 622 g/mol. The fourth-order valence-corrected chi connectivity index (χ4v) is 5.48. The molecule has 5 rings (SSSR count). The zero-order valence-electron chi connectivity index (χ0n) is 24.3. The molecule has 0 saturated carbocycles. The normalized spacial score (nSPS) is 20.2. The Morgan fingerprint density at radius 3 is 2.55 bits per heavy atom. The van der Waals surface area contributed by atoms with E-state index in [4.69, 9.17) is 9.47 Å². The van der Waals surface area contributed by atoms with Gasteiger partial charge in [0.25, 0.3) is 0 Å². The zero-order valence-corrected chi connectivity index (χ0v) is 25.1. The van der Waals surface area contributed by atoms with Crippen molar-refractivity contribution in [1.82, 2.24) is 34.9 Å². The van der Waals surface area contributed by atoms with Gasteiger partial charge in [0.2, 0.25) is 5.91 Å². The van der Waals surface area contributed by atoms with Crippen LogP contribution < -0.4 is 25.0 Å². The van der Waals surface area contributed by atoms with E-state index in [0.717, 1.165) is 22.4 Å². The van der Waals surface area contributed by atoms with Gasteiger partial charge in [-0.25, -0.2) is 19.7 Å². The summed E-state index contributed by atoms with van der Waals surface area (Å²) < 4.78 is 15.5. The van der Waals surface area contributed by atoms with Crippen LogP contribution in [0.4, 0.5) is 10.6 Å². The molecular formula is C29H34N8O6S. The number of hydrogen-bond acceptors (Lipinski definition) is 11. The number of benzene rings is 2. The summed E-state index contributed by atoms with van der Waals surface area (Å²) in [4.78, 5) is 42.1. The van der Waals surface area contributed by atoms with Crippen molar-refractivity contribution >= 4 is 40.9 Å². The van der Waals surface area contributed by atoms with Crippen molar-refractivity contribution in [1.29, 1.82) is 0 Å². The summed E-state index contributed by atoms with van der Waals surface area (Å²) in [6.45, 7) is -0.478. The van der Waals surface area contributed by atoms with E-state index in [-0.39, 0.29) is 6.42 Å². The molecule has 2 aromatic heterocycles. The molecule has 15 heteroatoms. The van der Waals surface area contributed by atoms with Crippen LogP contribution in [0.1, 0.15) is 11.8 Å².